The number of hydrogen-bond donors (Lipinski definition) is 0. The first-order valence-corrected chi connectivity index (χ1v) is 13.7. The number of halogens is 1. The minimum Gasteiger partial charge on any atom is -0.368 e. The van der Waals surface area contributed by atoms with Crippen LogP contribution in [0.1, 0.15) is 16.7 Å². The van der Waals surface area contributed by atoms with Crippen molar-refractivity contribution in [3.8, 4) is 6.07 Å². The Morgan fingerprint density at radius 2 is 1.51 bits per heavy atom. The second-order valence-corrected chi connectivity index (χ2v) is 11.5. The molecule has 1 saturated heterocycles. The van der Waals surface area contributed by atoms with Crippen molar-refractivity contribution < 1.29 is 13.2 Å². The van der Waals surface area contributed by atoms with Crippen molar-refractivity contribution in [2.75, 3.05) is 43.0 Å². The standard InChI is InChI=1S/C27H26ClN5O3S/c1-30-11-13-31(14-12-30)24-15-23(28)16-25-26(24)37(35,36)33(19-22-9-7-20(17-29)8-10-22)27(34)32(25)18-21-5-3-2-4-6-21/h2-10,15-16H,11-14,18-19H2,1H3. The highest BCUT2D eigenvalue weighted by atomic mass is 35.5. The number of fused-ring (bicyclic) bond motifs is 1. The van der Waals surface area contributed by atoms with Gasteiger partial charge in [0.1, 0.15) is 4.90 Å². The van der Waals surface area contributed by atoms with Crippen molar-refractivity contribution >= 4 is 39.0 Å². The first kappa shape index (κ1) is 25.1. The zero-order chi connectivity index (χ0) is 26.2. The smallest absolute Gasteiger partial charge is 0.339 e. The van der Waals surface area contributed by atoms with Crippen molar-refractivity contribution in [1.29, 1.82) is 5.26 Å². The second kappa shape index (κ2) is 10.1. The molecule has 0 aliphatic carbocycles. The van der Waals surface area contributed by atoms with Gasteiger partial charge in [-0.15, -0.1) is 0 Å². The molecular weight excluding hydrogens is 510 g/mol. The zero-order valence-corrected chi connectivity index (χ0v) is 21.9. The lowest BCUT2D eigenvalue weighted by Gasteiger charge is -2.40. The molecule has 0 aromatic heterocycles. The average molecular weight is 536 g/mol. The van der Waals surface area contributed by atoms with Gasteiger partial charge in [0.15, 0.2) is 0 Å². The summed E-state index contributed by atoms with van der Waals surface area (Å²) in [6.45, 7) is 2.88. The van der Waals surface area contributed by atoms with Crippen LogP contribution >= 0.6 is 11.6 Å². The van der Waals surface area contributed by atoms with Crippen LogP contribution < -0.4 is 9.80 Å². The minimum absolute atomic E-state index is 0.0885. The van der Waals surface area contributed by atoms with Crippen LogP contribution in [0.25, 0.3) is 0 Å². The Morgan fingerprint density at radius 3 is 2.16 bits per heavy atom. The summed E-state index contributed by atoms with van der Waals surface area (Å²) in [6.07, 6.45) is 0. The number of likely N-dealkylation sites (N-methyl/N-ethyl adjacent to an activating group) is 1. The van der Waals surface area contributed by atoms with Gasteiger partial charge < -0.3 is 9.80 Å². The molecule has 0 atom stereocenters. The molecule has 2 heterocycles. The monoisotopic (exact) mass is 535 g/mol. The van der Waals surface area contributed by atoms with Gasteiger partial charge in [-0.05, 0) is 42.4 Å². The molecule has 3 aromatic rings. The van der Waals surface area contributed by atoms with Gasteiger partial charge in [0.2, 0.25) is 0 Å². The van der Waals surface area contributed by atoms with Crippen LogP contribution in [0.4, 0.5) is 16.2 Å². The van der Waals surface area contributed by atoms with Crippen LogP contribution in [0.5, 0.6) is 0 Å². The third-order valence-corrected chi connectivity index (χ3v) is 8.75. The summed E-state index contributed by atoms with van der Waals surface area (Å²) in [5.41, 5.74) is 2.71. The summed E-state index contributed by atoms with van der Waals surface area (Å²) in [5, 5.41) is 9.49. The number of anilines is 2. The molecule has 0 spiro atoms. The fourth-order valence-electron chi connectivity index (χ4n) is 4.68. The number of rotatable bonds is 5. The van der Waals surface area contributed by atoms with Gasteiger partial charge in [0.05, 0.1) is 36.1 Å². The number of sulfonamides is 1. The van der Waals surface area contributed by atoms with Crippen LogP contribution in [0.3, 0.4) is 0 Å². The molecule has 0 radical (unpaired) electrons. The summed E-state index contributed by atoms with van der Waals surface area (Å²) in [5.74, 6) is 0. The van der Waals surface area contributed by atoms with Crippen molar-refractivity contribution in [3.05, 3.63) is 88.4 Å². The molecule has 2 amide bonds. The highest BCUT2D eigenvalue weighted by molar-refractivity contribution is 7.90. The third-order valence-electron chi connectivity index (χ3n) is 6.73. The first-order chi connectivity index (χ1) is 17.8. The number of hydrogen-bond acceptors (Lipinski definition) is 6. The SMILES string of the molecule is CN1CCN(c2cc(Cl)cc3c2S(=O)(=O)N(Cc2ccc(C#N)cc2)C(=O)N3Cc2ccccc2)CC1. The lowest BCUT2D eigenvalue weighted by Crippen LogP contribution is -2.51. The number of nitriles is 1. The fourth-order valence-corrected chi connectivity index (χ4v) is 6.62. The molecule has 0 bridgehead atoms. The molecule has 1 fully saturated rings. The van der Waals surface area contributed by atoms with Gasteiger partial charge in [-0.2, -0.15) is 5.26 Å². The van der Waals surface area contributed by atoms with E-state index in [1.165, 1.54) is 4.90 Å². The summed E-state index contributed by atoms with van der Waals surface area (Å²) < 4.78 is 29.2. The Hall–Kier alpha value is -3.58. The van der Waals surface area contributed by atoms with E-state index in [4.69, 9.17) is 16.9 Å². The fraction of sp³-hybridized carbons (Fsp3) is 0.259. The topological polar surface area (TPSA) is 88.0 Å². The van der Waals surface area contributed by atoms with Crippen molar-refractivity contribution in [1.82, 2.24) is 9.21 Å². The van der Waals surface area contributed by atoms with E-state index in [0.717, 1.165) is 23.0 Å². The summed E-state index contributed by atoms with van der Waals surface area (Å²) in [6, 6.07) is 20.7. The molecule has 190 valence electrons. The van der Waals surface area contributed by atoms with E-state index in [0.29, 0.717) is 34.9 Å². The van der Waals surface area contributed by atoms with Gasteiger partial charge in [-0.25, -0.2) is 17.5 Å². The number of piperazine rings is 1. The molecule has 37 heavy (non-hydrogen) atoms. The van der Waals surface area contributed by atoms with E-state index >= 15 is 0 Å². The molecule has 0 unspecified atom stereocenters. The maximum Gasteiger partial charge on any atom is 0.339 e. The lowest BCUT2D eigenvalue weighted by molar-refractivity contribution is 0.226. The van der Waals surface area contributed by atoms with Crippen LogP contribution in [0.15, 0.2) is 71.6 Å². The van der Waals surface area contributed by atoms with Crippen LogP contribution in [-0.2, 0) is 23.1 Å². The van der Waals surface area contributed by atoms with Gasteiger partial charge in [0, 0.05) is 31.2 Å². The van der Waals surface area contributed by atoms with E-state index in [-0.39, 0.29) is 23.7 Å². The van der Waals surface area contributed by atoms with Gasteiger partial charge in [-0.3, -0.25) is 4.90 Å². The largest absolute Gasteiger partial charge is 0.368 e. The van der Waals surface area contributed by atoms with E-state index in [9.17, 15) is 13.2 Å². The van der Waals surface area contributed by atoms with E-state index < -0.39 is 16.1 Å². The molecule has 5 rings (SSSR count). The number of carbonyl (C=O) groups is 1. The number of urea groups is 1. The highest BCUT2D eigenvalue weighted by Gasteiger charge is 2.44. The highest BCUT2D eigenvalue weighted by Crippen LogP contribution is 2.44. The number of carbonyl (C=O) groups excluding carboxylic acids is 1. The van der Waals surface area contributed by atoms with Crippen molar-refractivity contribution in [3.63, 3.8) is 0 Å². The maximum atomic E-state index is 14.1. The van der Waals surface area contributed by atoms with Gasteiger partial charge in [-0.1, -0.05) is 54.1 Å². The molecule has 2 aliphatic heterocycles. The molecule has 0 saturated carbocycles. The first-order valence-electron chi connectivity index (χ1n) is 11.9. The van der Waals surface area contributed by atoms with Gasteiger partial charge in [0.25, 0.3) is 10.0 Å². The van der Waals surface area contributed by atoms with E-state index in [1.54, 1.807) is 36.4 Å². The van der Waals surface area contributed by atoms with E-state index in [2.05, 4.69) is 11.0 Å². The van der Waals surface area contributed by atoms with Crippen LogP contribution in [0, 0.1) is 11.3 Å². The third kappa shape index (κ3) is 4.88. The summed E-state index contributed by atoms with van der Waals surface area (Å²) in [7, 11) is -2.19. The van der Waals surface area contributed by atoms with Crippen LogP contribution in [0.2, 0.25) is 5.02 Å². The quantitative estimate of drug-likeness (QED) is 0.484. The maximum absolute atomic E-state index is 14.1. The predicted octanol–water partition coefficient (Wildman–Crippen LogP) is 4.29. The molecule has 2 aliphatic rings. The number of benzene rings is 3. The number of amides is 2. The Kier molecular flexibility index (Phi) is 6.82. The summed E-state index contributed by atoms with van der Waals surface area (Å²) in [4.78, 5) is 19.6. The molecular formula is C27H26ClN5O3S. The Bertz CT molecular complexity index is 1460. The molecule has 10 heteroatoms. The van der Waals surface area contributed by atoms with Crippen LogP contribution in [-0.4, -0.2) is 56.9 Å². The van der Waals surface area contributed by atoms with Crippen molar-refractivity contribution in [2.45, 2.75) is 18.0 Å². The van der Waals surface area contributed by atoms with E-state index in [1.807, 2.05) is 42.3 Å². The number of nitrogens with zero attached hydrogens (tertiary/aromatic N) is 5. The van der Waals surface area contributed by atoms with Crippen molar-refractivity contribution in [2.24, 2.45) is 0 Å². The summed E-state index contributed by atoms with van der Waals surface area (Å²) >= 11 is 6.52. The second-order valence-electron chi connectivity index (χ2n) is 9.24. The van der Waals surface area contributed by atoms with Gasteiger partial charge >= 0.3 is 6.03 Å². The minimum atomic E-state index is -4.22. The Labute approximate surface area is 221 Å². The molecule has 3 aromatic carbocycles. The Balaban J connectivity index is 1.64. The molecule has 0 N–H and O–H groups in total. The Morgan fingerprint density at radius 1 is 0.892 bits per heavy atom. The zero-order valence-electron chi connectivity index (χ0n) is 20.3. The predicted molar refractivity (Wildman–Crippen MR) is 143 cm³/mol. The molecule has 8 nitrogen and oxygen atoms in total. The average Bonchev–Trinajstić information content (AvgIpc) is 2.90. The lowest BCUT2D eigenvalue weighted by atomic mass is 10.1. The normalized spacial score (nSPS) is 17.4.